The molecule has 1 unspecified atom stereocenters. The van der Waals surface area contributed by atoms with Crippen LogP contribution in [-0.2, 0) is 14.3 Å². The number of ether oxygens (including phenoxy) is 1. The Labute approximate surface area is 152 Å². The molecule has 2 fully saturated rings. The van der Waals surface area contributed by atoms with Crippen LogP contribution in [0.3, 0.4) is 0 Å². The zero-order chi connectivity index (χ0) is 18.7. The molecule has 3 amide bonds. The van der Waals surface area contributed by atoms with E-state index in [0.717, 1.165) is 18.4 Å². The van der Waals surface area contributed by atoms with Crippen molar-refractivity contribution in [3.8, 4) is 0 Å². The first-order valence-corrected chi connectivity index (χ1v) is 9.05. The Morgan fingerprint density at radius 3 is 2.69 bits per heavy atom. The van der Waals surface area contributed by atoms with Crippen LogP contribution in [0.25, 0.3) is 0 Å². The summed E-state index contributed by atoms with van der Waals surface area (Å²) < 4.78 is 5.24. The van der Waals surface area contributed by atoms with E-state index in [-0.39, 0.29) is 24.9 Å². The number of nitrogens with zero attached hydrogens (tertiary/aromatic N) is 1. The Morgan fingerprint density at radius 1 is 1.31 bits per heavy atom. The van der Waals surface area contributed by atoms with Gasteiger partial charge in [0, 0.05) is 6.54 Å². The second-order valence-electron chi connectivity index (χ2n) is 7.14. The number of amides is 3. The molecule has 0 radical (unpaired) electrons. The minimum atomic E-state index is -0.815. The van der Waals surface area contributed by atoms with Crippen LogP contribution >= 0.6 is 0 Å². The van der Waals surface area contributed by atoms with Gasteiger partial charge in [-0.15, -0.1) is 0 Å². The summed E-state index contributed by atoms with van der Waals surface area (Å²) in [5, 5.41) is 3.00. The fraction of sp³-hybridized carbons (Fsp3) is 0.526. The first-order chi connectivity index (χ1) is 12.5. The number of rotatable bonds is 5. The lowest BCUT2D eigenvalue weighted by atomic mass is 9.81. The standard InChI is InChI=1S/C19H25N3O4/c1-2-3-9-26-18(25)22-12-19(11-15(22)16(20)23)10-14(21-17(19)24)13-7-5-4-6-8-13/h4-8,14-15H,2-3,9-12H2,1H3,(H2,20,23)(H,21,24)/t14?,15-,19-/m0/s1. The molecule has 3 N–H and O–H groups in total. The fourth-order valence-corrected chi connectivity index (χ4v) is 3.86. The smallest absolute Gasteiger partial charge is 0.410 e. The molecule has 7 nitrogen and oxygen atoms in total. The van der Waals surface area contributed by atoms with E-state index in [0.29, 0.717) is 13.0 Å². The third-order valence-corrected chi connectivity index (χ3v) is 5.30. The molecule has 140 valence electrons. The van der Waals surface area contributed by atoms with E-state index < -0.39 is 23.5 Å². The zero-order valence-corrected chi connectivity index (χ0v) is 14.9. The Balaban J connectivity index is 1.77. The molecule has 0 saturated carbocycles. The van der Waals surface area contributed by atoms with E-state index in [1.165, 1.54) is 4.90 Å². The summed E-state index contributed by atoms with van der Waals surface area (Å²) in [6.07, 6.45) is 1.84. The number of primary amides is 1. The predicted octanol–water partition coefficient (Wildman–Crippen LogP) is 1.73. The van der Waals surface area contributed by atoms with Crippen molar-refractivity contribution in [2.24, 2.45) is 11.1 Å². The number of carbonyl (C=O) groups is 3. The molecular weight excluding hydrogens is 334 g/mol. The molecule has 26 heavy (non-hydrogen) atoms. The Kier molecular flexibility index (Phi) is 5.15. The van der Waals surface area contributed by atoms with Crippen molar-refractivity contribution in [3.63, 3.8) is 0 Å². The average Bonchev–Trinajstić information content (AvgIpc) is 3.18. The van der Waals surface area contributed by atoms with Gasteiger partial charge in [0.05, 0.1) is 18.1 Å². The molecule has 0 aliphatic carbocycles. The van der Waals surface area contributed by atoms with Crippen LogP contribution in [0, 0.1) is 5.41 Å². The lowest BCUT2D eigenvalue weighted by Gasteiger charge is -2.22. The number of nitrogens with one attached hydrogen (secondary N) is 1. The monoisotopic (exact) mass is 359 g/mol. The SMILES string of the molecule is CCCCOC(=O)N1C[C@]2(CC(c3ccccc3)NC2=O)C[C@H]1C(N)=O. The molecule has 0 bridgehead atoms. The van der Waals surface area contributed by atoms with Crippen LogP contribution < -0.4 is 11.1 Å². The van der Waals surface area contributed by atoms with Gasteiger partial charge in [-0.2, -0.15) is 0 Å². The van der Waals surface area contributed by atoms with Crippen LogP contribution in [0.1, 0.15) is 44.2 Å². The molecule has 1 aromatic carbocycles. The quantitative estimate of drug-likeness (QED) is 0.782. The van der Waals surface area contributed by atoms with E-state index in [4.69, 9.17) is 10.5 Å². The van der Waals surface area contributed by atoms with Crippen LogP contribution in [-0.4, -0.2) is 42.0 Å². The number of likely N-dealkylation sites (tertiary alicyclic amines) is 1. The molecular formula is C19H25N3O4. The van der Waals surface area contributed by atoms with Gasteiger partial charge >= 0.3 is 6.09 Å². The van der Waals surface area contributed by atoms with Crippen molar-refractivity contribution in [2.75, 3.05) is 13.2 Å². The van der Waals surface area contributed by atoms with Crippen molar-refractivity contribution >= 4 is 17.9 Å². The Hall–Kier alpha value is -2.57. The maximum atomic E-state index is 12.7. The number of hydrogen-bond acceptors (Lipinski definition) is 4. The van der Waals surface area contributed by atoms with Gasteiger partial charge in [-0.1, -0.05) is 43.7 Å². The van der Waals surface area contributed by atoms with Gasteiger partial charge in [0.15, 0.2) is 0 Å². The third kappa shape index (κ3) is 3.38. The summed E-state index contributed by atoms with van der Waals surface area (Å²) in [5.74, 6) is -0.744. The van der Waals surface area contributed by atoms with Gasteiger partial charge in [0.1, 0.15) is 6.04 Å². The lowest BCUT2D eigenvalue weighted by molar-refractivity contribution is -0.127. The number of unbranched alkanes of at least 4 members (excludes halogenated alkanes) is 1. The number of carbonyl (C=O) groups excluding carboxylic acids is 3. The number of nitrogens with two attached hydrogens (primary N) is 1. The van der Waals surface area contributed by atoms with Crippen molar-refractivity contribution in [3.05, 3.63) is 35.9 Å². The molecule has 2 aliphatic rings. The molecule has 1 aromatic rings. The summed E-state index contributed by atoms with van der Waals surface area (Å²) in [6.45, 7) is 2.45. The van der Waals surface area contributed by atoms with E-state index >= 15 is 0 Å². The summed E-state index contributed by atoms with van der Waals surface area (Å²) >= 11 is 0. The first kappa shape index (κ1) is 18.2. The van der Waals surface area contributed by atoms with Crippen molar-refractivity contribution in [2.45, 2.75) is 44.7 Å². The summed E-state index contributed by atoms with van der Waals surface area (Å²) in [6, 6.07) is 8.73. The van der Waals surface area contributed by atoms with E-state index in [1.807, 2.05) is 37.3 Å². The summed E-state index contributed by atoms with van der Waals surface area (Å²) in [4.78, 5) is 38.3. The maximum absolute atomic E-state index is 12.7. The van der Waals surface area contributed by atoms with Crippen molar-refractivity contribution in [1.29, 1.82) is 0 Å². The topological polar surface area (TPSA) is 102 Å². The minimum absolute atomic E-state index is 0.131. The molecule has 7 heteroatoms. The van der Waals surface area contributed by atoms with Gasteiger partial charge in [-0.05, 0) is 24.8 Å². The maximum Gasteiger partial charge on any atom is 0.410 e. The molecule has 0 aromatic heterocycles. The third-order valence-electron chi connectivity index (χ3n) is 5.30. The van der Waals surface area contributed by atoms with Crippen molar-refractivity contribution < 1.29 is 19.1 Å². The van der Waals surface area contributed by atoms with E-state index in [9.17, 15) is 14.4 Å². The lowest BCUT2D eigenvalue weighted by Crippen LogP contribution is -2.44. The van der Waals surface area contributed by atoms with Gasteiger partial charge in [-0.3, -0.25) is 14.5 Å². The van der Waals surface area contributed by atoms with Crippen LogP contribution in [0.4, 0.5) is 4.79 Å². The second kappa shape index (κ2) is 7.35. The molecule has 1 spiro atoms. The number of hydrogen-bond donors (Lipinski definition) is 2. The van der Waals surface area contributed by atoms with Crippen molar-refractivity contribution in [1.82, 2.24) is 10.2 Å². The van der Waals surface area contributed by atoms with E-state index in [1.54, 1.807) is 0 Å². The van der Waals surface area contributed by atoms with Gasteiger partial charge < -0.3 is 15.8 Å². The largest absolute Gasteiger partial charge is 0.449 e. The predicted molar refractivity (Wildman–Crippen MR) is 94.9 cm³/mol. The van der Waals surface area contributed by atoms with Crippen LogP contribution in [0.5, 0.6) is 0 Å². The first-order valence-electron chi connectivity index (χ1n) is 9.05. The van der Waals surface area contributed by atoms with E-state index in [2.05, 4.69) is 5.32 Å². The molecule has 3 atom stereocenters. The van der Waals surface area contributed by atoms with Gasteiger partial charge in [-0.25, -0.2) is 4.79 Å². The second-order valence-corrected chi connectivity index (χ2v) is 7.14. The Bertz CT molecular complexity index is 693. The zero-order valence-electron chi connectivity index (χ0n) is 14.9. The molecule has 2 aliphatic heterocycles. The fourth-order valence-electron chi connectivity index (χ4n) is 3.86. The van der Waals surface area contributed by atoms with Crippen LogP contribution in [0.2, 0.25) is 0 Å². The number of benzene rings is 1. The summed E-state index contributed by atoms with van der Waals surface area (Å²) in [5.41, 5.74) is 5.71. The minimum Gasteiger partial charge on any atom is -0.449 e. The highest BCUT2D eigenvalue weighted by atomic mass is 16.6. The average molecular weight is 359 g/mol. The van der Waals surface area contributed by atoms with Gasteiger partial charge in [0.2, 0.25) is 11.8 Å². The highest BCUT2D eigenvalue weighted by Crippen LogP contribution is 2.46. The molecule has 2 saturated heterocycles. The normalized spacial score (nSPS) is 27.6. The highest BCUT2D eigenvalue weighted by molar-refractivity contribution is 5.91. The highest BCUT2D eigenvalue weighted by Gasteiger charge is 2.57. The van der Waals surface area contributed by atoms with Gasteiger partial charge in [0.25, 0.3) is 0 Å². The molecule has 3 rings (SSSR count). The summed E-state index contributed by atoms with van der Waals surface area (Å²) in [7, 11) is 0. The van der Waals surface area contributed by atoms with Crippen LogP contribution in [0.15, 0.2) is 30.3 Å². The molecule has 2 heterocycles. The Morgan fingerprint density at radius 2 is 2.04 bits per heavy atom.